The zero-order chi connectivity index (χ0) is 28.4. The van der Waals surface area contributed by atoms with E-state index >= 15 is 0 Å². The molecule has 9 rings (SSSR count). The van der Waals surface area contributed by atoms with Crippen LogP contribution in [0, 0.1) is 0 Å². The molecule has 1 aromatic heterocycles. The quantitative estimate of drug-likeness (QED) is 0.211. The van der Waals surface area contributed by atoms with E-state index in [-0.39, 0.29) is 0 Å². The van der Waals surface area contributed by atoms with E-state index in [1.807, 2.05) is 0 Å². The van der Waals surface area contributed by atoms with Crippen molar-refractivity contribution in [2.24, 2.45) is 4.99 Å². The minimum Gasteiger partial charge on any atom is -0.364 e. The number of benzene rings is 3. The molecule has 4 aromatic rings. The van der Waals surface area contributed by atoms with E-state index in [1.165, 1.54) is 91.4 Å². The van der Waals surface area contributed by atoms with Crippen molar-refractivity contribution in [1.82, 2.24) is 25.9 Å². The number of nitrogens with one attached hydrogen (secondary N) is 4. The maximum atomic E-state index is 4.98. The van der Waals surface area contributed by atoms with Crippen molar-refractivity contribution in [2.75, 3.05) is 19.6 Å². The standard InChI is InChI=1S/C37H42N6/c1-2-17-37(16-1)18-15-28-27(33-22-40-35(43-33)30-5-3-19-38-30)13-12-26(34(28)37)24-9-7-23(8-10-24)25-11-14-29-32(21-25)42-36(41-29)31-6-4-20-39-31/h7-14,21,30-31,33,38-39H,1-6,15-20,22H2,(H,40,43)(H,41,42). The van der Waals surface area contributed by atoms with Crippen molar-refractivity contribution in [3.63, 3.8) is 0 Å². The number of aromatic amines is 1. The number of H-pyrrole nitrogens is 1. The van der Waals surface area contributed by atoms with Crippen molar-refractivity contribution in [3.05, 3.63) is 77.1 Å². The van der Waals surface area contributed by atoms with Gasteiger partial charge in [-0.3, -0.25) is 4.99 Å². The third-order valence-corrected chi connectivity index (χ3v) is 11.2. The van der Waals surface area contributed by atoms with Crippen LogP contribution in [0.3, 0.4) is 0 Å². The summed E-state index contributed by atoms with van der Waals surface area (Å²) >= 11 is 0. The van der Waals surface area contributed by atoms with E-state index < -0.39 is 0 Å². The fraction of sp³-hybridized carbons (Fsp3) is 0.459. The Balaban J connectivity index is 1.03. The molecule has 1 spiro atoms. The lowest BCUT2D eigenvalue weighted by Gasteiger charge is -2.29. The summed E-state index contributed by atoms with van der Waals surface area (Å²) in [7, 11) is 0. The number of rotatable bonds is 5. The second-order valence-electron chi connectivity index (χ2n) is 13.7. The van der Waals surface area contributed by atoms with Gasteiger partial charge >= 0.3 is 0 Å². The van der Waals surface area contributed by atoms with Gasteiger partial charge in [-0.2, -0.15) is 0 Å². The molecule has 220 valence electrons. The lowest BCUT2D eigenvalue weighted by Crippen LogP contribution is -2.39. The fourth-order valence-electron chi connectivity index (χ4n) is 9.05. The van der Waals surface area contributed by atoms with Crippen molar-refractivity contribution < 1.29 is 0 Å². The molecule has 5 aliphatic rings. The number of amidine groups is 1. The normalized spacial score (nSPS) is 26.0. The van der Waals surface area contributed by atoms with Gasteiger partial charge in [0.15, 0.2) is 0 Å². The molecule has 3 fully saturated rings. The molecule has 2 aliphatic carbocycles. The number of imidazole rings is 1. The van der Waals surface area contributed by atoms with Crippen LogP contribution in [0.2, 0.25) is 0 Å². The monoisotopic (exact) mass is 570 g/mol. The van der Waals surface area contributed by atoms with E-state index in [0.717, 1.165) is 42.9 Å². The van der Waals surface area contributed by atoms with Crippen molar-refractivity contribution >= 4 is 16.9 Å². The lowest BCUT2D eigenvalue weighted by atomic mass is 9.76. The van der Waals surface area contributed by atoms with Gasteiger partial charge in [-0.15, -0.1) is 0 Å². The SMILES string of the molecule is c1cc(-c2ccc(C3CN=C(C4CCCN4)N3)c3c2C2(CCCC2)CC3)ccc1-c1ccc2nc(C3CCCN3)[nH]c2c1. The summed E-state index contributed by atoms with van der Waals surface area (Å²) in [6.45, 7) is 3.05. The molecule has 43 heavy (non-hydrogen) atoms. The maximum Gasteiger partial charge on any atom is 0.124 e. The number of fused-ring (bicyclic) bond motifs is 3. The van der Waals surface area contributed by atoms with Gasteiger partial charge in [0, 0.05) is 0 Å². The molecular formula is C37H42N6. The number of aliphatic imine (C=N–C) groups is 1. The van der Waals surface area contributed by atoms with Crippen molar-refractivity contribution in [1.29, 1.82) is 0 Å². The molecular weight excluding hydrogens is 528 g/mol. The van der Waals surface area contributed by atoms with Crippen LogP contribution in [-0.2, 0) is 11.8 Å². The Kier molecular flexibility index (Phi) is 6.23. The molecule has 6 nitrogen and oxygen atoms in total. The topological polar surface area (TPSA) is 77.1 Å². The molecule has 4 N–H and O–H groups in total. The zero-order valence-corrected chi connectivity index (χ0v) is 25.0. The molecule has 0 amide bonds. The fourth-order valence-corrected chi connectivity index (χ4v) is 9.05. The minimum absolute atomic E-state index is 0.307. The average Bonchev–Trinajstić information content (AvgIpc) is 3.88. The second kappa shape index (κ2) is 10.3. The summed E-state index contributed by atoms with van der Waals surface area (Å²) in [6.07, 6.45) is 12.7. The average molecular weight is 571 g/mol. The van der Waals surface area contributed by atoms with Crippen LogP contribution < -0.4 is 16.0 Å². The molecule has 2 saturated heterocycles. The molecule has 3 aromatic carbocycles. The van der Waals surface area contributed by atoms with Gasteiger partial charge in [-0.05, 0) is 121 Å². The van der Waals surface area contributed by atoms with Gasteiger partial charge < -0.3 is 20.9 Å². The Morgan fingerprint density at radius 3 is 2.28 bits per heavy atom. The highest BCUT2D eigenvalue weighted by Crippen LogP contribution is 2.54. The Hall–Kier alpha value is -3.48. The van der Waals surface area contributed by atoms with E-state index in [9.17, 15) is 0 Å². The van der Waals surface area contributed by atoms with E-state index in [4.69, 9.17) is 9.98 Å². The molecule has 3 aliphatic heterocycles. The smallest absolute Gasteiger partial charge is 0.124 e. The molecule has 3 unspecified atom stereocenters. The summed E-state index contributed by atoms with van der Waals surface area (Å²) in [6, 6.07) is 21.9. The Labute approximate surface area is 254 Å². The van der Waals surface area contributed by atoms with Crippen LogP contribution in [-0.4, -0.2) is 41.5 Å². The van der Waals surface area contributed by atoms with Crippen LogP contribution in [0.4, 0.5) is 0 Å². The van der Waals surface area contributed by atoms with Gasteiger partial charge in [0.1, 0.15) is 11.7 Å². The van der Waals surface area contributed by atoms with Crippen molar-refractivity contribution in [3.8, 4) is 22.3 Å². The summed E-state index contributed by atoms with van der Waals surface area (Å²) in [4.78, 5) is 13.5. The van der Waals surface area contributed by atoms with Gasteiger partial charge in [-0.1, -0.05) is 55.3 Å². The first kappa shape index (κ1) is 26.0. The third-order valence-electron chi connectivity index (χ3n) is 11.2. The van der Waals surface area contributed by atoms with Gasteiger partial charge in [0.05, 0.1) is 35.7 Å². The first-order valence-electron chi connectivity index (χ1n) is 16.8. The molecule has 3 atom stereocenters. The Bertz CT molecular complexity index is 1700. The maximum absolute atomic E-state index is 4.98. The summed E-state index contributed by atoms with van der Waals surface area (Å²) in [5.74, 6) is 2.26. The van der Waals surface area contributed by atoms with Crippen LogP contribution in [0.5, 0.6) is 0 Å². The first-order valence-corrected chi connectivity index (χ1v) is 16.8. The Morgan fingerprint density at radius 2 is 1.49 bits per heavy atom. The summed E-state index contributed by atoms with van der Waals surface area (Å²) in [5.41, 5.74) is 12.6. The lowest BCUT2D eigenvalue weighted by molar-refractivity contribution is 0.440. The van der Waals surface area contributed by atoms with Crippen LogP contribution in [0.15, 0.2) is 59.6 Å². The summed E-state index contributed by atoms with van der Waals surface area (Å²) < 4.78 is 0. The van der Waals surface area contributed by atoms with E-state index in [1.54, 1.807) is 11.1 Å². The highest BCUT2D eigenvalue weighted by molar-refractivity contribution is 5.90. The number of hydrogen-bond donors (Lipinski definition) is 4. The minimum atomic E-state index is 0.307. The highest BCUT2D eigenvalue weighted by Gasteiger charge is 2.44. The third kappa shape index (κ3) is 4.36. The number of hydrogen-bond acceptors (Lipinski definition) is 5. The van der Waals surface area contributed by atoms with Crippen LogP contribution in [0.25, 0.3) is 33.3 Å². The Morgan fingerprint density at radius 1 is 0.721 bits per heavy atom. The van der Waals surface area contributed by atoms with E-state index in [2.05, 4.69) is 75.5 Å². The van der Waals surface area contributed by atoms with E-state index in [0.29, 0.717) is 23.5 Å². The highest BCUT2D eigenvalue weighted by atomic mass is 15.2. The zero-order valence-electron chi connectivity index (χ0n) is 25.0. The number of aromatic nitrogens is 2. The second-order valence-corrected chi connectivity index (χ2v) is 13.7. The predicted octanol–water partition coefficient (Wildman–Crippen LogP) is 6.87. The van der Waals surface area contributed by atoms with Crippen LogP contribution >= 0.6 is 0 Å². The molecule has 0 radical (unpaired) electrons. The van der Waals surface area contributed by atoms with Gasteiger partial charge in [0.25, 0.3) is 0 Å². The molecule has 0 bridgehead atoms. The largest absolute Gasteiger partial charge is 0.364 e. The summed E-state index contributed by atoms with van der Waals surface area (Å²) in [5, 5.41) is 11.0. The predicted molar refractivity (Wildman–Crippen MR) is 175 cm³/mol. The molecule has 4 heterocycles. The van der Waals surface area contributed by atoms with Gasteiger partial charge in [0.2, 0.25) is 0 Å². The van der Waals surface area contributed by atoms with Crippen LogP contribution in [0.1, 0.15) is 92.4 Å². The van der Waals surface area contributed by atoms with Gasteiger partial charge in [-0.25, -0.2) is 4.98 Å². The first-order chi connectivity index (χ1) is 21.2. The number of nitrogens with zero attached hydrogens (tertiary/aromatic N) is 2. The molecule has 1 saturated carbocycles. The molecule has 6 heteroatoms. The van der Waals surface area contributed by atoms with Crippen molar-refractivity contribution in [2.45, 2.75) is 87.7 Å².